The first-order valence-electron chi connectivity index (χ1n) is 10.1. The van der Waals surface area contributed by atoms with Crippen molar-refractivity contribution in [1.82, 2.24) is 14.8 Å². The van der Waals surface area contributed by atoms with Gasteiger partial charge >= 0.3 is 0 Å². The van der Waals surface area contributed by atoms with Crippen molar-refractivity contribution in [2.75, 3.05) is 5.32 Å². The SMILES string of the molecule is C=CCn1c(SC(C)C(=O)Nc2ccccc2C(C)CC)nnc1-c1ccoc1C. The van der Waals surface area contributed by atoms with Crippen molar-refractivity contribution < 1.29 is 9.21 Å². The Bertz CT molecular complexity index is 1020. The second-order valence-electron chi connectivity index (χ2n) is 7.24. The van der Waals surface area contributed by atoms with Gasteiger partial charge in [0.05, 0.1) is 17.1 Å². The number of allylic oxidation sites excluding steroid dienone is 1. The summed E-state index contributed by atoms with van der Waals surface area (Å²) in [5.41, 5.74) is 2.90. The predicted octanol–water partition coefficient (Wildman–Crippen LogP) is 5.67. The predicted molar refractivity (Wildman–Crippen MR) is 122 cm³/mol. The molecule has 0 bridgehead atoms. The maximum atomic E-state index is 12.9. The summed E-state index contributed by atoms with van der Waals surface area (Å²) >= 11 is 1.38. The largest absolute Gasteiger partial charge is 0.469 e. The van der Waals surface area contributed by atoms with E-state index in [-0.39, 0.29) is 11.2 Å². The Kier molecular flexibility index (Phi) is 7.15. The van der Waals surface area contributed by atoms with Crippen LogP contribution in [0.25, 0.3) is 11.4 Å². The maximum absolute atomic E-state index is 12.9. The van der Waals surface area contributed by atoms with E-state index in [1.165, 1.54) is 11.8 Å². The van der Waals surface area contributed by atoms with Crippen LogP contribution >= 0.6 is 11.8 Å². The van der Waals surface area contributed by atoms with Crippen LogP contribution < -0.4 is 5.32 Å². The van der Waals surface area contributed by atoms with Crippen molar-refractivity contribution in [2.24, 2.45) is 0 Å². The van der Waals surface area contributed by atoms with E-state index in [1.54, 1.807) is 12.3 Å². The third kappa shape index (κ3) is 4.67. The number of carbonyl (C=O) groups is 1. The van der Waals surface area contributed by atoms with Gasteiger partial charge in [-0.3, -0.25) is 9.36 Å². The van der Waals surface area contributed by atoms with Crippen molar-refractivity contribution in [3.8, 4) is 11.4 Å². The number of benzene rings is 1. The minimum absolute atomic E-state index is 0.0649. The second kappa shape index (κ2) is 9.80. The van der Waals surface area contributed by atoms with E-state index in [0.29, 0.717) is 23.4 Å². The van der Waals surface area contributed by atoms with Gasteiger partial charge in [-0.2, -0.15) is 0 Å². The highest BCUT2D eigenvalue weighted by atomic mass is 32.2. The Labute approximate surface area is 181 Å². The van der Waals surface area contributed by atoms with Gasteiger partial charge in [0.1, 0.15) is 5.76 Å². The van der Waals surface area contributed by atoms with E-state index in [0.717, 1.165) is 29.0 Å². The average molecular weight is 425 g/mol. The number of anilines is 1. The molecule has 0 aliphatic rings. The fourth-order valence-electron chi connectivity index (χ4n) is 3.19. The van der Waals surface area contributed by atoms with Crippen molar-refractivity contribution in [3.63, 3.8) is 0 Å². The Morgan fingerprint density at radius 2 is 2.07 bits per heavy atom. The Hall–Kier alpha value is -2.80. The minimum atomic E-state index is -0.346. The summed E-state index contributed by atoms with van der Waals surface area (Å²) in [6, 6.07) is 9.85. The normalized spacial score (nSPS) is 13.1. The van der Waals surface area contributed by atoms with E-state index in [4.69, 9.17) is 4.42 Å². The van der Waals surface area contributed by atoms with Gasteiger partial charge in [-0.15, -0.1) is 16.8 Å². The zero-order valence-electron chi connectivity index (χ0n) is 17.9. The van der Waals surface area contributed by atoms with Crippen LogP contribution in [0.1, 0.15) is 44.4 Å². The lowest BCUT2D eigenvalue weighted by atomic mass is 9.97. The quantitative estimate of drug-likeness (QED) is 0.354. The second-order valence-corrected chi connectivity index (χ2v) is 8.55. The van der Waals surface area contributed by atoms with Gasteiger partial charge in [-0.1, -0.05) is 49.9 Å². The standard InChI is InChI=1S/C23H28N4O2S/c1-6-13-27-21(19-12-14-29-16(19)4)25-26-23(27)30-17(5)22(28)24-20-11-9-8-10-18(20)15(3)7-2/h6,8-12,14-15,17H,1,7,13H2,2-5H3,(H,24,28). The highest BCUT2D eigenvalue weighted by molar-refractivity contribution is 8.00. The number of nitrogens with one attached hydrogen (secondary N) is 1. The number of rotatable bonds is 9. The smallest absolute Gasteiger partial charge is 0.237 e. The number of para-hydroxylation sites is 1. The molecular formula is C23H28N4O2S. The van der Waals surface area contributed by atoms with Crippen molar-refractivity contribution in [2.45, 2.75) is 57.0 Å². The number of aryl methyl sites for hydroxylation is 1. The molecule has 0 spiro atoms. The van der Waals surface area contributed by atoms with Crippen molar-refractivity contribution in [1.29, 1.82) is 0 Å². The molecule has 2 aromatic heterocycles. The average Bonchev–Trinajstić information content (AvgIpc) is 3.34. The molecule has 30 heavy (non-hydrogen) atoms. The van der Waals surface area contributed by atoms with E-state index < -0.39 is 0 Å². The first-order valence-corrected chi connectivity index (χ1v) is 11.0. The van der Waals surface area contributed by atoms with Gasteiger partial charge < -0.3 is 9.73 Å². The van der Waals surface area contributed by atoms with E-state index in [1.807, 2.05) is 42.7 Å². The molecule has 2 atom stereocenters. The monoisotopic (exact) mass is 424 g/mol. The molecule has 158 valence electrons. The fourth-order valence-corrected chi connectivity index (χ4v) is 4.05. The van der Waals surface area contributed by atoms with Gasteiger partial charge in [0, 0.05) is 12.2 Å². The highest BCUT2D eigenvalue weighted by Crippen LogP contribution is 2.31. The van der Waals surface area contributed by atoms with Gasteiger partial charge in [-0.25, -0.2) is 0 Å². The van der Waals surface area contributed by atoms with Gasteiger partial charge in [0.25, 0.3) is 0 Å². The van der Waals surface area contributed by atoms with E-state index in [2.05, 4.69) is 42.0 Å². The van der Waals surface area contributed by atoms with Gasteiger partial charge in [-0.05, 0) is 43.9 Å². The molecule has 6 nitrogen and oxygen atoms in total. The highest BCUT2D eigenvalue weighted by Gasteiger charge is 2.22. The molecule has 0 saturated carbocycles. The fraction of sp³-hybridized carbons (Fsp3) is 0.348. The Morgan fingerprint density at radius 1 is 1.30 bits per heavy atom. The summed E-state index contributed by atoms with van der Waals surface area (Å²) in [6.07, 6.45) is 4.44. The molecule has 1 aromatic carbocycles. The topological polar surface area (TPSA) is 73.0 Å². The zero-order chi connectivity index (χ0) is 21.7. The maximum Gasteiger partial charge on any atom is 0.237 e. The third-order valence-corrected chi connectivity index (χ3v) is 6.22. The molecule has 3 rings (SSSR count). The number of hydrogen-bond donors (Lipinski definition) is 1. The van der Waals surface area contributed by atoms with Crippen molar-refractivity contribution >= 4 is 23.4 Å². The lowest BCUT2D eigenvalue weighted by Crippen LogP contribution is -2.23. The van der Waals surface area contributed by atoms with Crippen LogP contribution in [0.5, 0.6) is 0 Å². The van der Waals surface area contributed by atoms with E-state index in [9.17, 15) is 4.79 Å². The number of carbonyl (C=O) groups excluding carboxylic acids is 1. The molecule has 0 fully saturated rings. The zero-order valence-corrected chi connectivity index (χ0v) is 18.7. The first-order chi connectivity index (χ1) is 14.5. The number of nitrogens with zero attached hydrogens (tertiary/aromatic N) is 3. The number of hydrogen-bond acceptors (Lipinski definition) is 5. The van der Waals surface area contributed by atoms with Gasteiger partial charge in [0.15, 0.2) is 11.0 Å². The lowest BCUT2D eigenvalue weighted by Gasteiger charge is -2.17. The summed E-state index contributed by atoms with van der Waals surface area (Å²) in [4.78, 5) is 12.9. The summed E-state index contributed by atoms with van der Waals surface area (Å²) in [6.45, 7) is 12.5. The molecule has 3 aromatic rings. The Balaban J connectivity index is 1.79. The summed E-state index contributed by atoms with van der Waals surface area (Å²) in [7, 11) is 0. The Morgan fingerprint density at radius 3 is 2.73 bits per heavy atom. The molecule has 2 unspecified atom stereocenters. The lowest BCUT2D eigenvalue weighted by molar-refractivity contribution is -0.115. The van der Waals surface area contributed by atoms with Crippen LogP contribution in [-0.4, -0.2) is 25.9 Å². The van der Waals surface area contributed by atoms with Crippen LogP contribution in [0.15, 0.2) is 58.8 Å². The van der Waals surface area contributed by atoms with E-state index >= 15 is 0 Å². The van der Waals surface area contributed by atoms with Crippen LogP contribution in [0.2, 0.25) is 0 Å². The van der Waals surface area contributed by atoms with Crippen LogP contribution in [0.4, 0.5) is 5.69 Å². The van der Waals surface area contributed by atoms with Crippen LogP contribution in [0, 0.1) is 6.92 Å². The molecule has 0 radical (unpaired) electrons. The molecular weight excluding hydrogens is 396 g/mol. The number of amides is 1. The summed E-state index contributed by atoms with van der Waals surface area (Å²) in [5, 5.41) is 12.1. The number of aromatic nitrogens is 3. The summed E-state index contributed by atoms with van der Waals surface area (Å²) < 4.78 is 7.36. The number of thioether (sulfide) groups is 1. The number of furan rings is 1. The molecule has 2 heterocycles. The van der Waals surface area contributed by atoms with Crippen molar-refractivity contribution in [3.05, 3.63) is 60.6 Å². The third-order valence-electron chi connectivity index (χ3n) is 5.14. The van der Waals surface area contributed by atoms with Crippen LogP contribution in [-0.2, 0) is 11.3 Å². The molecule has 1 N–H and O–H groups in total. The van der Waals surface area contributed by atoms with Crippen LogP contribution in [0.3, 0.4) is 0 Å². The summed E-state index contributed by atoms with van der Waals surface area (Å²) in [5.74, 6) is 1.79. The molecule has 0 aliphatic heterocycles. The molecule has 1 amide bonds. The molecule has 0 saturated heterocycles. The first kappa shape index (κ1) is 21.9. The molecule has 0 aliphatic carbocycles. The minimum Gasteiger partial charge on any atom is -0.469 e. The van der Waals surface area contributed by atoms with Gasteiger partial charge in [0.2, 0.25) is 5.91 Å². The molecule has 7 heteroatoms.